The van der Waals surface area contributed by atoms with Gasteiger partial charge < -0.3 is 20.3 Å². The molecule has 0 aliphatic carbocycles. The standard InChI is InChI=1S/C12H17NO4/c1-16-10-5-3-8(7-11(10)17-2)9(13)4-6-12(14)15/h3,5,7,9H,4,6,13H2,1-2H3,(H,14,15). The maximum atomic E-state index is 10.5. The smallest absolute Gasteiger partial charge is 0.303 e. The second kappa shape index (κ2) is 6.10. The van der Waals surface area contributed by atoms with Crippen LogP contribution >= 0.6 is 0 Å². The van der Waals surface area contributed by atoms with Crippen molar-refractivity contribution in [2.75, 3.05) is 14.2 Å². The Labute approximate surface area is 100 Å². The van der Waals surface area contributed by atoms with Crippen molar-refractivity contribution >= 4 is 5.97 Å². The molecule has 0 aliphatic heterocycles. The lowest BCUT2D eigenvalue weighted by atomic mass is 10.0. The van der Waals surface area contributed by atoms with E-state index in [1.807, 2.05) is 6.07 Å². The zero-order chi connectivity index (χ0) is 12.8. The number of carboxylic acids is 1. The van der Waals surface area contributed by atoms with Gasteiger partial charge in [-0.2, -0.15) is 0 Å². The van der Waals surface area contributed by atoms with Crippen molar-refractivity contribution in [3.63, 3.8) is 0 Å². The number of carbonyl (C=O) groups is 1. The molecule has 0 bridgehead atoms. The minimum Gasteiger partial charge on any atom is -0.493 e. The van der Waals surface area contributed by atoms with Crippen LogP contribution in [0.3, 0.4) is 0 Å². The maximum absolute atomic E-state index is 10.5. The summed E-state index contributed by atoms with van der Waals surface area (Å²) in [6.07, 6.45) is 0.445. The van der Waals surface area contributed by atoms with E-state index in [1.54, 1.807) is 26.4 Å². The fourth-order valence-corrected chi connectivity index (χ4v) is 1.53. The van der Waals surface area contributed by atoms with Crippen molar-refractivity contribution < 1.29 is 19.4 Å². The fraction of sp³-hybridized carbons (Fsp3) is 0.417. The molecule has 94 valence electrons. The van der Waals surface area contributed by atoms with E-state index < -0.39 is 5.97 Å². The average molecular weight is 239 g/mol. The molecular weight excluding hydrogens is 222 g/mol. The van der Waals surface area contributed by atoms with Gasteiger partial charge in [-0.1, -0.05) is 6.07 Å². The number of rotatable bonds is 6. The summed E-state index contributed by atoms with van der Waals surface area (Å²) in [5.41, 5.74) is 6.74. The lowest BCUT2D eigenvalue weighted by Crippen LogP contribution is -2.12. The summed E-state index contributed by atoms with van der Waals surface area (Å²) in [6.45, 7) is 0. The van der Waals surface area contributed by atoms with Crippen molar-refractivity contribution in [1.29, 1.82) is 0 Å². The summed E-state index contributed by atoms with van der Waals surface area (Å²) < 4.78 is 10.3. The Morgan fingerprint density at radius 2 is 2.00 bits per heavy atom. The second-order valence-electron chi connectivity index (χ2n) is 3.65. The van der Waals surface area contributed by atoms with Gasteiger partial charge in [0.1, 0.15) is 0 Å². The molecule has 17 heavy (non-hydrogen) atoms. The van der Waals surface area contributed by atoms with Gasteiger partial charge in [0.2, 0.25) is 0 Å². The first-order chi connectivity index (χ1) is 8.08. The van der Waals surface area contributed by atoms with Crippen LogP contribution in [-0.4, -0.2) is 25.3 Å². The number of hydrogen-bond acceptors (Lipinski definition) is 4. The van der Waals surface area contributed by atoms with Crippen LogP contribution in [0.25, 0.3) is 0 Å². The van der Waals surface area contributed by atoms with E-state index in [4.69, 9.17) is 20.3 Å². The number of benzene rings is 1. The molecule has 0 radical (unpaired) electrons. The minimum atomic E-state index is -0.846. The van der Waals surface area contributed by atoms with Gasteiger partial charge in [0.05, 0.1) is 14.2 Å². The lowest BCUT2D eigenvalue weighted by molar-refractivity contribution is -0.137. The van der Waals surface area contributed by atoms with Crippen LogP contribution in [0.5, 0.6) is 11.5 Å². The first kappa shape index (κ1) is 13.3. The van der Waals surface area contributed by atoms with Crippen LogP contribution in [0.15, 0.2) is 18.2 Å². The summed E-state index contributed by atoms with van der Waals surface area (Å²) >= 11 is 0. The van der Waals surface area contributed by atoms with Gasteiger partial charge in [0.15, 0.2) is 11.5 Å². The number of ether oxygens (including phenoxy) is 2. The topological polar surface area (TPSA) is 81.8 Å². The summed E-state index contributed by atoms with van der Waals surface area (Å²) in [7, 11) is 3.10. The van der Waals surface area contributed by atoms with Crippen LogP contribution in [0.4, 0.5) is 0 Å². The predicted molar refractivity (Wildman–Crippen MR) is 63.3 cm³/mol. The summed E-state index contributed by atoms with van der Waals surface area (Å²) in [6, 6.07) is 5.03. The third-order valence-electron chi connectivity index (χ3n) is 2.50. The monoisotopic (exact) mass is 239 g/mol. The lowest BCUT2D eigenvalue weighted by Gasteiger charge is -2.14. The molecule has 5 heteroatoms. The zero-order valence-electron chi connectivity index (χ0n) is 9.97. The summed E-state index contributed by atoms with van der Waals surface area (Å²) in [5, 5.41) is 8.59. The second-order valence-corrected chi connectivity index (χ2v) is 3.65. The average Bonchev–Trinajstić information content (AvgIpc) is 2.34. The van der Waals surface area contributed by atoms with E-state index in [0.29, 0.717) is 17.9 Å². The van der Waals surface area contributed by atoms with E-state index in [9.17, 15) is 4.79 Å². The van der Waals surface area contributed by atoms with Gasteiger partial charge in [-0.25, -0.2) is 0 Å². The first-order valence-corrected chi connectivity index (χ1v) is 5.27. The highest BCUT2D eigenvalue weighted by molar-refractivity contribution is 5.66. The molecule has 1 rings (SSSR count). The van der Waals surface area contributed by atoms with Gasteiger partial charge >= 0.3 is 5.97 Å². The number of hydrogen-bond donors (Lipinski definition) is 2. The predicted octanol–water partition coefficient (Wildman–Crippen LogP) is 1.57. The van der Waals surface area contributed by atoms with Gasteiger partial charge in [-0.3, -0.25) is 4.79 Å². The van der Waals surface area contributed by atoms with E-state index in [2.05, 4.69) is 0 Å². The maximum Gasteiger partial charge on any atom is 0.303 e. The molecule has 0 heterocycles. The Bertz CT molecular complexity index is 392. The fourth-order valence-electron chi connectivity index (χ4n) is 1.53. The molecule has 0 aliphatic rings. The molecule has 0 aromatic heterocycles. The molecular formula is C12H17NO4. The highest BCUT2D eigenvalue weighted by atomic mass is 16.5. The van der Waals surface area contributed by atoms with Gasteiger partial charge in [-0.15, -0.1) is 0 Å². The molecule has 0 fully saturated rings. The number of aliphatic carboxylic acids is 1. The van der Waals surface area contributed by atoms with Crippen molar-refractivity contribution in [1.82, 2.24) is 0 Å². The Morgan fingerprint density at radius 1 is 1.35 bits per heavy atom. The third-order valence-corrected chi connectivity index (χ3v) is 2.50. The molecule has 0 saturated carbocycles. The minimum absolute atomic E-state index is 0.0511. The first-order valence-electron chi connectivity index (χ1n) is 5.27. The Morgan fingerprint density at radius 3 is 2.53 bits per heavy atom. The largest absolute Gasteiger partial charge is 0.493 e. The van der Waals surface area contributed by atoms with Crippen LogP contribution in [0.1, 0.15) is 24.4 Å². The molecule has 5 nitrogen and oxygen atoms in total. The van der Waals surface area contributed by atoms with E-state index in [1.165, 1.54) is 0 Å². The molecule has 1 atom stereocenters. The Kier molecular flexibility index (Phi) is 4.78. The van der Waals surface area contributed by atoms with Crippen molar-refractivity contribution in [3.05, 3.63) is 23.8 Å². The van der Waals surface area contributed by atoms with Crippen LogP contribution in [0.2, 0.25) is 0 Å². The Balaban J connectivity index is 2.80. The SMILES string of the molecule is COc1ccc(C(N)CCC(=O)O)cc1OC. The third kappa shape index (κ3) is 3.64. The molecule has 0 spiro atoms. The molecule has 1 aromatic carbocycles. The quantitative estimate of drug-likeness (QED) is 0.787. The number of carboxylic acid groups (broad SMARTS) is 1. The van der Waals surface area contributed by atoms with Crippen LogP contribution < -0.4 is 15.2 Å². The highest BCUT2D eigenvalue weighted by Crippen LogP contribution is 2.30. The van der Waals surface area contributed by atoms with Crippen LogP contribution in [-0.2, 0) is 4.79 Å². The Hall–Kier alpha value is -1.75. The normalized spacial score (nSPS) is 11.9. The van der Waals surface area contributed by atoms with Gasteiger partial charge in [-0.05, 0) is 24.1 Å². The molecule has 1 unspecified atom stereocenters. The summed E-state index contributed by atoms with van der Waals surface area (Å²) in [5.74, 6) is 0.374. The van der Waals surface area contributed by atoms with Gasteiger partial charge in [0, 0.05) is 12.5 Å². The van der Waals surface area contributed by atoms with Crippen molar-refractivity contribution in [2.45, 2.75) is 18.9 Å². The molecule has 0 saturated heterocycles. The molecule has 3 N–H and O–H groups in total. The highest BCUT2D eigenvalue weighted by Gasteiger charge is 2.11. The van der Waals surface area contributed by atoms with E-state index in [0.717, 1.165) is 5.56 Å². The molecule has 0 amide bonds. The summed E-state index contributed by atoms with van der Waals surface area (Å²) in [4.78, 5) is 10.5. The van der Waals surface area contributed by atoms with E-state index in [-0.39, 0.29) is 12.5 Å². The zero-order valence-corrected chi connectivity index (χ0v) is 9.97. The van der Waals surface area contributed by atoms with E-state index >= 15 is 0 Å². The van der Waals surface area contributed by atoms with Crippen molar-refractivity contribution in [3.8, 4) is 11.5 Å². The van der Waals surface area contributed by atoms with Crippen molar-refractivity contribution in [2.24, 2.45) is 5.73 Å². The number of nitrogens with two attached hydrogens (primary N) is 1. The van der Waals surface area contributed by atoms with Crippen LogP contribution in [0, 0.1) is 0 Å². The molecule has 1 aromatic rings. The number of methoxy groups -OCH3 is 2. The van der Waals surface area contributed by atoms with Gasteiger partial charge in [0.25, 0.3) is 0 Å².